The lowest BCUT2D eigenvalue weighted by Crippen LogP contribution is -1.99. The Hall–Kier alpha value is -2.13. The van der Waals surface area contributed by atoms with Crippen molar-refractivity contribution in [1.29, 1.82) is 0 Å². The molecule has 0 fully saturated rings. The van der Waals surface area contributed by atoms with Crippen LogP contribution in [0.25, 0.3) is 0 Å². The Morgan fingerprint density at radius 1 is 0.769 bits per heavy atom. The number of hydrogen-bond donors (Lipinski definition) is 1. The van der Waals surface area contributed by atoms with Crippen LogP contribution >= 0.6 is 11.6 Å². The summed E-state index contributed by atoms with van der Waals surface area (Å²) in [4.78, 5) is 21.0. The van der Waals surface area contributed by atoms with Gasteiger partial charge in [-0.25, -0.2) is 0 Å². The topological polar surface area (TPSA) is 54.4 Å². The maximum absolute atomic E-state index is 10.6. The Labute approximate surface area is 161 Å². The van der Waals surface area contributed by atoms with E-state index in [1.165, 1.54) is 16.7 Å². The molecule has 0 unspecified atom stereocenters. The van der Waals surface area contributed by atoms with Crippen LogP contribution in [-0.4, -0.2) is 16.3 Å². The number of carbonyl (C=O) groups excluding carboxylic acids is 1. The Kier molecular flexibility index (Phi) is 10.3. The number of benzene rings is 2. The number of hydrogen-bond acceptors (Lipinski definition) is 2. The highest BCUT2D eigenvalue weighted by atomic mass is 35.5. The highest BCUT2D eigenvalue weighted by molar-refractivity contribution is 6.63. The van der Waals surface area contributed by atoms with E-state index in [4.69, 9.17) is 16.7 Å². The molecule has 2 rings (SSSR count). The van der Waals surface area contributed by atoms with Gasteiger partial charge in [0.05, 0.1) is 0 Å². The van der Waals surface area contributed by atoms with Gasteiger partial charge in [0.1, 0.15) is 0 Å². The number of rotatable bonds is 8. The lowest BCUT2D eigenvalue weighted by atomic mass is 10.0. The number of carboxylic acids is 1. The van der Waals surface area contributed by atoms with Gasteiger partial charge in [-0.15, -0.1) is 0 Å². The molecule has 0 aliphatic carbocycles. The van der Waals surface area contributed by atoms with Crippen molar-refractivity contribution in [3.63, 3.8) is 0 Å². The van der Waals surface area contributed by atoms with E-state index in [0.29, 0.717) is 12.8 Å². The third-order valence-corrected chi connectivity index (χ3v) is 4.39. The van der Waals surface area contributed by atoms with Gasteiger partial charge in [-0.05, 0) is 59.5 Å². The van der Waals surface area contributed by atoms with Crippen LogP contribution < -0.4 is 0 Å². The van der Waals surface area contributed by atoms with Gasteiger partial charge in [-0.3, -0.25) is 9.59 Å². The van der Waals surface area contributed by atoms with E-state index in [1.807, 2.05) is 30.3 Å². The van der Waals surface area contributed by atoms with E-state index >= 15 is 0 Å². The second-order valence-electron chi connectivity index (χ2n) is 5.99. The fourth-order valence-electron chi connectivity index (χ4n) is 2.77. The molecule has 0 bridgehead atoms. The van der Waals surface area contributed by atoms with Crippen molar-refractivity contribution in [2.45, 2.75) is 52.4 Å². The molecule has 1 N–H and O–H groups in total. The van der Waals surface area contributed by atoms with Crippen molar-refractivity contribution in [2.24, 2.45) is 0 Å². The minimum absolute atomic E-state index is 0.219. The monoisotopic (exact) mass is 374 g/mol. The van der Waals surface area contributed by atoms with Gasteiger partial charge in [-0.1, -0.05) is 62.4 Å². The molecule has 0 saturated carbocycles. The molecule has 0 saturated heterocycles. The zero-order chi connectivity index (χ0) is 19.4. The predicted octanol–water partition coefficient (Wildman–Crippen LogP) is 5.21. The van der Waals surface area contributed by atoms with Gasteiger partial charge >= 0.3 is 5.97 Å². The molecular weight excluding hydrogens is 348 g/mol. The summed E-state index contributed by atoms with van der Waals surface area (Å²) in [5.74, 6) is -0.731. The molecule has 26 heavy (non-hydrogen) atoms. The molecular formula is C22H27ClO3. The molecule has 2 aromatic rings. The highest BCUT2D eigenvalue weighted by Crippen LogP contribution is 2.12. The molecule has 0 aromatic heterocycles. The predicted molar refractivity (Wildman–Crippen MR) is 107 cm³/mol. The van der Waals surface area contributed by atoms with Gasteiger partial charge in [-0.2, -0.15) is 0 Å². The van der Waals surface area contributed by atoms with Gasteiger partial charge in [0, 0.05) is 12.8 Å². The quantitative estimate of drug-likeness (QED) is 0.645. The lowest BCUT2D eigenvalue weighted by Gasteiger charge is -2.04. The molecule has 0 amide bonds. The third kappa shape index (κ3) is 8.30. The second-order valence-corrected chi connectivity index (χ2v) is 6.41. The summed E-state index contributed by atoms with van der Waals surface area (Å²) in [7, 11) is 0. The van der Waals surface area contributed by atoms with Crippen LogP contribution in [0.3, 0.4) is 0 Å². The van der Waals surface area contributed by atoms with Crippen molar-refractivity contribution >= 4 is 22.8 Å². The number of halogens is 1. The van der Waals surface area contributed by atoms with Crippen LogP contribution in [0.15, 0.2) is 48.5 Å². The Morgan fingerprint density at radius 2 is 1.15 bits per heavy atom. The third-order valence-electron chi connectivity index (χ3n) is 4.20. The fraction of sp³-hybridized carbons (Fsp3) is 0.364. The molecule has 0 atom stereocenters. The second kappa shape index (κ2) is 12.3. The van der Waals surface area contributed by atoms with Crippen LogP contribution in [0, 0.1) is 0 Å². The average molecular weight is 375 g/mol. The smallest absolute Gasteiger partial charge is 0.303 e. The first-order valence-corrected chi connectivity index (χ1v) is 9.39. The van der Waals surface area contributed by atoms with E-state index in [-0.39, 0.29) is 11.7 Å². The van der Waals surface area contributed by atoms with Crippen molar-refractivity contribution in [3.05, 3.63) is 70.8 Å². The van der Waals surface area contributed by atoms with E-state index in [1.54, 1.807) is 0 Å². The van der Waals surface area contributed by atoms with Gasteiger partial charge in [0.25, 0.3) is 0 Å². The van der Waals surface area contributed by atoms with Gasteiger partial charge in [0.15, 0.2) is 0 Å². The molecule has 0 spiro atoms. The lowest BCUT2D eigenvalue weighted by molar-refractivity contribution is -0.137. The van der Waals surface area contributed by atoms with Crippen LogP contribution in [-0.2, 0) is 35.3 Å². The van der Waals surface area contributed by atoms with Crippen molar-refractivity contribution in [1.82, 2.24) is 0 Å². The first-order valence-electron chi connectivity index (χ1n) is 9.01. The zero-order valence-electron chi connectivity index (χ0n) is 15.5. The van der Waals surface area contributed by atoms with Crippen LogP contribution in [0.4, 0.5) is 0 Å². The summed E-state index contributed by atoms with van der Waals surface area (Å²) in [6, 6.07) is 16.2. The Bertz CT molecular complexity index is 649. The highest BCUT2D eigenvalue weighted by Gasteiger charge is 2.03. The Morgan fingerprint density at radius 3 is 1.50 bits per heavy atom. The summed E-state index contributed by atoms with van der Waals surface area (Å²) < 4.78 is 0. The summed E-state index contributed by atoms with van der Waals surface area (Å²) >= 11 is 5.28. The maximum atomic E-state index is 10.6. The molecule has 0 aliphatic heterocycles. The maximum Gasteiger partial charge on any atom is 0.303 e. The van der Waals surface area contributed by atoms with E-state index in [0.717, 1.165) is 24.8 Å². The Balaban J connectivity index is 0.000000260. The SMILES string of the molecule is CCc1ccccc1CCC(=O)Cl.CCc1ccccc1CCC(=O)O. The minimum Gasteiger partial charge on any atom is -0.481 e. The first kappa shape index (κ1) is 21.9. The molecule has 0 radical (unpaired) electrons. The van der Waals surface area contributed by atoms with Gasteiger partial charge < -0.3 is 5.11 Å². The minimum atomic E-state index is -0.731. The van der Waals surface area contributed by atoms with E-state index < -0.39 is 5.97 Å². The van der Waals surface area contributed by atoms with Crippen molar-refractivity contribution < 1.29 is 14.7 Å². The summed E-state index contributed by atoms with van der Waals surface area (Å²) in [6.07, 6.45) is 4.02. The summed E-state index contributed by atoms with van der Waals surface area (Å²) in [5, 5.41) is 8.28. The number of carbonyl (C=O) groups is 2. The summed E-state index contributed by atoms with van der Waals surface area (Å²) in [6.45, 7) is 4.20. The average Bonchev–Trinajstić information content (AvgIpc) is 2.65. The molecule has 4 heteroatoms. The van der Waals surface area contributed by atoms with Crippen LogP contribution in [0.2, 0.25) is 0 Å². The molecule has 3 nitrogen and oxygen atoms in total. The standard InChI is InChI=1S/C11H13ClO.C11H14O2/c2*1-2-9-5-3-4-6-10(9)7-8-11(12)13/h3-6H,2,7-8H2,1H3;3-6H,2,7-8H2,1H3,(H,12,13). The molecule has 140 valence electrons. The fourth-order valence-corrected chi connectivity index (χ4v) is 2.86. The number of carboxylic acid groups (broad SMARTS) is 1. The molecule has 0 aliphatic rings. The van der Waals surface area contributed by atoms with Crippen LogP contribution in [0.5, 0.6) is 0 Å². The van der Waals surface area contributed by atoms with Crippen molar-refractivity contribution in [2.75, 3.05) is 0 Å². The van der Waals surface area contributed by atoms with Gasteiger partial charge in [0.2, 0.25) is 5.24 Å². The summed E-state index contributed by atoms with van der Waals surface area (Å²) in [5.41, 5.74) is 4.95. The van der Waals surface area contributed by atoms with Crippen LogP contribution in [0.1, 0.15) is 48.9 Å². The van der Waals surface area contributed by atoms with E-state index in [9.17, 15) is 9.59 Å². The normalized spacial score (nSPS) is 9.96. The number of aryl methyl sites for hydroxylation is 4. The van der Waals surface area contributed by atoms with E-state index in [2.05, 4.69) is 32.0 Å². The first-order chi connectivity index (χ1) is 12.5. The largest absolute Gasteiger partial charge is 0.481 e. The van der Waals surface area contributed by atoms with Crippen molar-refractivity contribution in [3.8, 4) is 0 Å². The number of aliphatic carboxylic acids is 1. The molecule has 2 aromatic carbocycles. The molecule has 0 heterocycles. The zero-order valence-corrected chi connectivity index (χ0v) is 16.3.